The highest BCUT2D eigenvalue weighted by atomic mass is 19.2. The van der Waals surface area contributed by atoms with Gasteiger partial charge in [0.15, 0.2) is 11.6 Å². The Morgan fingerprint density at radius 2 is 1.92 bits per heavy atom. The average Bonchev–Trinajstić information content (AvgIpc) is 3.04. The van der Waals surface area contributed by atoms with Gasteiger partial charge in [0.1, 0.15) is 0 Å². The summed E-state index contributed by atoms with van der Waals surface area (Å²) in [5, 5.41) is 1.59. The first-order chi connectivity index (χ1) is 11.6. The fourth-order valence-corrected chi connectivity index (χ4v) is 2.67. The van der Waals surface area contributed by atoms with Gasteiger partial charge >= 0.3 is 5.97 Å². The SMILES string of the molecule is O=C(ON1CCC[C@@H]1/C=C/c1cccc(F)c1F)c1ccccc1. The molecule has 0 saturated carbocycles. The summed E-state index contributed by atoms with van der Waals surface area (Å²) in [6, 6.07) is 12.6. The number of hydrogen-bond acceptors (Lipinski definition) is 3. The van der Waals surface area contributed by atoms with Gasteiger partial charge in [0.2, 0.25) is 0 Å². The normalized spacial score (nSPS) is 18.2. The molecule has 0 bridgehead atoms. The van der Waals surface area contributed by atoms with Crippen LogP contribution in [0.25, 0.3) is 6.08 Å². The molecule has 0 aliphatic carbocycles. The summed E-state index contributed by atoms with van der Waals surface area (Å²) in [5.41, 5.74) is 0.652. The van der Waals surface area contributed by atoms with E-state index in [1.54, 1.807) is 35.4 Å². The van der Waals surface area contributed by atoms with Gasteiger partial charge in [0.25, 0.3) is 0 Å². The van der Waals surface area contributed by atoms with Crippen molar-refractivity contribution in [1.82, 2.24) is 5.06 Å². The summed E-state index contributed by atoms with van der Waals surface area (Å²) in [6.45, 7) is 0.610. The predicted octanol–water partition coefficient (Wildman–Crippen LogP) is 4.21. The molecule has 2 aromatic rings. The van der Waals surface area contributed by atoms with E-state index >= 15 is 0 Å². The second-order valence-corrected chi connectivity index (χ2v) is 5.60. The molecular formula is C19H17F2NO2. The maximum atomic E-state index is 13.7. The van der Waals surface area contributed by atoms with Crippen molar-refractivity contribution < 1.29 is 18.4 Å². The van der Waals surface area contributed by atoms with E-state index in [2.05, 4.69) is 0 Å². The van der Waals surface area contributed by atoms with Crippen molar-refractivity contribution in [3.63, 3.8) is 0 Å². The van der Waals surface area contributed by atoms with Crippen LogP contribution >= 0.6 is 0 Å². The first-order valence-corrected chi connectivity index (χ1v) is 7.81. The molecule has 0 aromatic heterocycles. The van der Waals surface area contributed by atoms with Gasteiger partial charge in [-0.2, -0.15) is 0 Å². The van der Waals surface area contributed by atoms with Crippen molar-refractivity contribution in [2.24, 2.45) is 0 Å². The van der Waals surface area contributed by atoms with Crippen molar-refractivity contribution in [3.8, 4) is 0 Å². The molecule has 1 saturated heterocycles. The van der Waals surface area contributed by atoms with Crippen LogP contribution in [-0.2, 0) is 4.84 Å². The Hall–Kier alpha value is -2.53. The molecule has 1 atom stereocenters. The van der Waals surface area contributed by atoms with Gasteiger partial charge in [0, 0.05) is 12.1 Å². The first-order valence-electron chi connectivity index (χ1n) is 7.81. The second kappa shape index (κ2) is 7.36. The molecule has 1 aliphatic rings. The smallest absolute Gasteiger partial charge is 0.357 e. The van der Waals surface area contributed by atoms with Gasteiger partial charge in [-0.3, -0.25) is 0 Å². The summed E-state index contributed by atoms with van der Waals surface area (Å²) in [4.78, 5) is 17.5. The lowest BCUT2D eigenvalue weighted by molar-refractivity contribution is -0.109. The summed E-state index contributed by atoms with van der Waals surface area (Å²) >= 11 is 0. The Bertz CT molecular complexity index is 746. The van der Waals surface area contributed by atoms with Crippen LogP contribution in [0.2, 0.25) is 0 Å². The van der Waals surface area contributed by atoms with Crippen molar-refractivity contribution in [1.29, 1.82) is 0 Å². The number of halogens is 2. The molecule has 24 heavy (non-hydrogen) atoms. The molecule has 1 heterocycles. The highest BCUT2D eigenvalue weighted by Crippen LogP contribution is 2.22. The van der Waals surface area contributed by atoms with Gasteiger partial charge in [-0.05, 0) is 31.0 Å². The lowest BCUT2D eigenvalue weighted by Crippen LogP contribution is -2.30. The molecule has 2 aromatic carbocycles. The lowest BCUT2D eigenvalue weighted by atomic mass is 10.1. The van der Waals surface area contributed by atoms with E-state index in [1.165, 1.54) is 18.2 Å². The van der Waals surface area contributed by atoms with Gasteiger partial charge < -0.3 is 4.84 Å². The quantitative estimate of drug-likeness (QED) is 0.841. The Balaban J connectivity index is 1.68. The summed E-state index contributed by atoms with van der Waals surface area (Å²) in [6.07, 6.45) is 4.92. The van der Waals surface area contributed by atoms with E-state index in [-0.39, 0.29) is 11.6 Å². The first kappa shape index (κ1) is 16.3. The molecular weight excluding hydrogens is 312 g/mol. The van der Waals surface area contributed by atoms with Gasteiger partial charge in [-0.25, -0.2) is 13.6 Å². The Morgan fingerprint density at radius 1 is 1.12 bits per heavy atom. The summed E-state index contributed by atoms with van der Waals surface area (Å²) in [7, 11) is 0. The highest BCUT2D eigenvalue weighted by molar-refractivity contribution is 5.89. The number of hydrogen-bond donors (Lipinski definition) is 0. The Morgan fingerprint density at radius 3 is 2.71 bits per heavy atom. The van der Waals surface area contributed by atoms with Crippen LogP contribution in [0.5, 0.6) is 0 Å². The zero-order valence-electron chi connectivity index (χ0n) is 13.0. The van der Waals surface area contributed by atoms with E-state index in [0.29, 0.717) is 12.1 Å². The number of carbonyl (C=O) groups is 1. The van der Waals surface area contributed by atoms with E-state index in [4.69, 9.17) is 4.84 Å². The minimum absolute atomic E-state index is 0.152. The van der Waals surface area contributed by atoms with Crippen molar-refractivity contribution >= 4 is 12.0 Å². The van der Waals surface area contributed by atoms with Crippen LogP contribution in [0.1, 0.15) is 28.8 Å². The number of hydroxylamine groups is 2. The van der Waals surface area contributed by atoms with Crippen LogP contribution in [0.4, 0.5) is 8.78 Å². The van der Waals surface area contributed by atoms with Crippen LogP contribution in [0.15, 0.2) is 54.6 Å². The lowest BCUT2D eigenvalue weighted by Gasteiger charge is -2.20. The van der Waals surface area contributed by atoms with Crippen molar-refractivity contribution in [2.75, 3.05) is 6.54 Å². The summed E-state index contributed by atoms with van der Waals surface area (Å²) in [5.74, 6) is -2.18. The van der Waals surface area contributed by atoms with Crippen molar-refractivity contribution in [3.05, 3.63) is 77.4 Å². The molecule has 1 fully saturated rings. The predicted molar refractivity (Wildman–Crippen MR) is 87.0 cm³/mol. The van der Waals surface area contributed by atoms with Gasteiger partial charge in [0.05, 0.1) is 11.6 Å². The number of nitrogens with zero attached hydrogens (tertiary/aromatic N) is 1. The Labute approximate surface area is 139 Å². The number of rotatable bonds is 4. The maximum Gasteiger partial charge on any atom is 0.357 e. The molecule has 0 N–H and O–H groups in total. The number of benzene rings is 2. The van der Waals surface area contributed by atoms with E-state index < -0.39 is 17.6 Å². The van der Waals surface area contributed by atoms with Crippen LogP contribution in [0.3, 0.4) is 0 Å². The van der Waals surface area contributed by atoms with Gasteiger partial charge in [-0.15, -0.1) is 5.06 Å². The van der Waals surface area contributed by atoms with Crippen LogP contribution < -0.4 is 0 Å². The molecule has 0 radical (unpaired) electrons. The van der Waals surface area contributed by atoms with Gasteiger partial charge in [-0.1, -0.05) is 42.5 Å². The fraction of sp³-hybridized carbons (Fsp3) is 0.211. The molecule has 0 spiro atoms. The monoisotopic (exact) mass is 329 g/mol. The average molecular weight is 329 g/mol. The van der Waals surface area contributed by atoms with E-state index in [9.17, 15) is 13.6 Å². The molecule has 3 rings (SSSR count). The third kappa shape index (κ3) is 3.68. The topological polar surface area (TPSA) is 29.5 Å². The third-order valence-corrected chi connectivity index (χ3v) is 3.94. The fourth-order valence-electron chi connectivity index (χ4n) is 2.67. The van der Waals surface area contributed by atoms with Crippen LogP contribution in [-0.4, -0.2) is 23.6 Å². The molecule has 1 aliphatic heterocycles. The third-order valence-electron chi connectivity index (χ3n) is 3.94. The largest absolute Gasteiger partial charge is 0.363 e. The second-order valence-electron chi connectivity index (χ2n) is 5.60. The van der Waals surface area contributed by atoms with Crippen molar-refractivity contribution in [2.45, 2.75) is 18.9 Å². The van der Waals surface area contributed by atoms with Crippen LogP contribution in [0, 0.1) is 11.6 Å². The molecule has 0 amide bonds. The zero-order chi connectivity index (χ0) is 16.9. The standard InChI is InChI=1S/C19H17F2NO2/c20-17-10-4-8-14(18(17)21)11-12-16-9-5-13-22(16)24-19(23)15-6-2-1-3-7-15/h1-4,6-8,10-12,16H,5,9,13H2/b12-11+/t16-/m1/s1. The molecule has 5 heteroatoms. The summed E-state index contributed by atoms with van der Waals surface area (Å²) < 4.78 is 26.9. The highest BCUT2D eigenvalue weighted by Gasteiger charge is 2.26. The van der Waals surface area contributed by atoms with E-state index in [1.807, 2.05) is 6.07 Å². The number of carbonyl (C=O) groups excluding carboxylic acids is 1. The molecule has 3 nitrogen and oxygen atoms in total. The zero-order valence-corrected chi connectivity index (χ0v) is 13.0. The minimum atomic E-state index is -0.879. The maximum absolute atomic E-state index is 13.7. The van der Waals surface area contributed by atoms with E-state index in [0.717, 1.165) is 18.9 Å². The molecule has 124 valence electrons. The Kier molecular flexibility index (Phi) is 5.01. The minimum Gasteiger partial charge on any atom is -0.363 e. The molecule has 0 unspecified atom stereocenters.